The van der Waals surface area contributed by atoms with E-state index in [1.807, 2.05) is 27.2 Å². The maximum absolute atomic E-state index is 12.8. The summed E-state index contributed by atoms with van der Waals surface area (Å²) in [4.78, 5) is 25.2. The quantitative estimate of drug-likeness (QED) is 0.0276. The Bertz CT molecular complexity index is 953. The van der Waals surface area contributed by atoms with Crippen molar-refractivity contribution >= 4 is 13.7 Å². The van der Waals surface area contributed by atoms with Crippen LogP contribution in [-0.4, -0.2) is 68.5 Å². The van der Waals surface area contributed by atoms with Crippen LogP contribution in [0.3, 0.4) is 0 Å². The maximum Gasteiger partial charge on any atom is 0.268 e. The summed E-state index contributed by atoms with van der Waals surface area (Å²) >= 11 is 0. The number of allylic oxidation sites excluding steroid dienone is 3. The average molecular weight is 799 g/mol. The van der Waals surface area contributed by atoms with Crippen LogP contribution in [0.4, 0.5) is 0 Å². The van der Waals surface area contributed by atoms with Gasteiger partial charge in [0.25, 0.3) is 7.82 Å². The molecule has 0 aromatic carbocycles. The summed E-state index contributed by atoms with van der Waals surface area (Å²) < 4.78 is 23.0. The van der Waals surface area contributed by atoms with Crippen molar-refractivity contribution in [3.8, 4) is 0 Å². The second kappa shape index (κ2) is 38.5. The van der Waals surface area contributed by atoms with E-state index in [-0.39, 0.29) is 12.5 Å². The lowest BCUT2D eigenvalue weighted by molar-refractivity contribution is -0.870. The van der Waals surface area contributed by atoms with Crippen molar-refractivity contribution in [2.75, 3.05) is 40.9 Å². The summed E-state index contributed by atoms with van der Waals surface area (Å²) in [6.07, 6.45) is 45.6. The summed E-state index contributed by atoms with van der Waals surface area (Å²) in [7, 11) is 1.25. The van der Waals surface area contributed by atoms with Gasteiger partial charge in [0.1, 0.15) is 13.2 Å². The van der Waals surface area contributed by atoms with E-state index in [1.165, 1.54) is 148 Å². The number of hydrogen-bond acceptors (Lipinski definition) is 6. The summed E-state index contributed by atoms with van der Waals surface area (Å²) in [5.41, 5.74) is 0. The fraction of sp³-hybridized carbons (Fsp3) is 0.891. The lowest BCUT2D eigenvalue weighted by Crippen LogP contribution is -2.45. The largest absolute Gasteiger partial charge is 0.756 e. The zero-order valence-electron chi connectivity index (χ0n) is 36.9. The SMILES string of the molecule is CCC/C=C/CC/C=C/C(O)C(COP(=O)([O-])OCC[N+](C)(C)C)NC(=O)CCCCCCCCCCCCCCCCCCCCCCCCCCCC. The zero-order chi connectivity index (χ0) is 40.7. The van der Waals surface area contributed by atoms with Crippen molar-refractivity contribution in [1.82, 2.24) is 5.32 Å². The molecule has 0 spiro atoms. The lowest BCUT2D eigenvalue weighted by atomic mass is 10.0. The molecule has 0 aliphatic carbocycles. The first-order chi connectivity index (χ1) is 26.5. The second-order valence-corrected chi connectivity index (χ2v) is 18.5. The highest BCUT2D eigenvalue weighted by Crippen LogP contribution is 2.38. The molecule has 0 rings (SSSR count). The Kier molecular flexibility index (Phi) is 37.8. The van der Waals surface area contributed by atoms with Gasteiger partial charge < -0.3 is 28.8 Å². The predicted molar refractivity (Wildman–Crippen MR) is 233 cm³/mol. The van der Waals surface area contributed by atoms with Crippen LogP contribution >= 0.6 is 7.82 Å². The fourth-order valence-electron chi connectivity index (χ4n) is 6.71. The monoisotopic (exact) mass is 799 g/mol. The van der Waals surface area contributed by atoms with Gasteiger partial charge in [-0.05, 0) is 25.7 Å². The number of phosphoric ester groups is 1. The standard InChI is InChI=1S/C46H91N2O6P/c1-6-8-10-12-14-15-16-17-18-19-20-21-22-23-24-25-26-27-28-29-30-31-32-34-36-38-40-46(50)47-44(45(49)39-37-35-33-13-11-9-7-2)43-54-55(51,52)53-42-41-48(3,4)5/h11,13,37,39,44-45,49H,6-10,12,14-36,38,40-43H2,1-5H3,(H-,47,50,51,52)/b13-11+,39-37+. The molecule has 8 nitrogen and oxygen atoms in total. The van der Waals surface area contributed by atoms with E-state index in [0.717, 1.165) is 44.9 Å². The molecular formula is C46H91N2O6P. The molecule has 326 valence electrons. The van der Waals surface area contributed by atoms with Gasteiger partial charge in [-0.2, -0.15) is 0 Å². The summed E-state index contributed by atoms with van der Waals surface area (Å²) in [5.74, 6) is -0.209. The van der Waals surface area contributed by atoms with Gasteiger partial charge in [-0.3, -0.25) is 9.36 Å². The molecule has 0 bridgehead atoms. The third kappa shape index (κ3) is 41.0. The van der Waals surface area contributed by atoms with Crippen LogP contribution in [0.1, 0.15) is 213 Å². The van der Waals surface area contributed by atoms with Gasteiger partial charge in [-0.15, -0.1) is 0 Å². The van der Waals surface area contributed by atoms with Crippen LogP contribution in [0, 0.1) is 0 Å². The molecule has 0 heterocycles. The molecular weight excluding hydrogens is 707 g/mol. The Labute approximate surface area is 341 Å². The molecule has 0 fully saturated rings. The van der Waals surface area contributed by atoms with Crippen molar-refractivity contribution in [2.24, 2.45) is 0 Å². The Morgan fingerprint density at radius 2 is 1.02 bits per heavy atom. The van der Waals surface area contributed by atoms with Gasteiger partial charge in [-0.25, -0.2) is 0 Å². The minimum Gasteiger partial charge on any atom is -0.756 e. The third-order valence-corrected chi connectivity index (χ3v) is 11.4. The first-order valence-electron chi connectivity index (χ1n) is 23.2. The van der Waals surface area contributed by atoms with Crippen molar-refractivity contribution in [3.05, 3.63) is 24.3 Å². The Balaban J connectivity index is 4.00. The summed E-state index contributed by atoms with van der Waals surface area (Å²) in [5, 5.41) is 13.6. The molecule has 1 amide bonds. The van der Waals surface area contributed by atoms with E-state index >= 15 is 0 Å². The minimum atomic E-state index is -4.58. The van der Waals surface area contributed by atoms with Crippen LogP contribution in [0.25, 0.3) is 0 Å². The number of carbonyl (C=O) groups excluding carboxylic acids is 1. The van der Waals surface area contributed by atoms with Crippen LogP contribution in [-0.2, 0) is 18.4 Å². The van der Waals surface area contributed by atoms with Gasteiger partial charge in [0, 0.05) is 6.42 Å². The van der Waals surface area contributed by atoms with E-state index in [0.29, 0.717) is 17.4 Å². The molecule has 0 aliphatic heterocycles. The molecule has 3 unspecified atom stereocenters. The predicted octanol–water partition coefficient (Wildman–Crippen LogP) is 12.3. The minimum absolute atomic E-state index is 0.00504. The number of amides is 1. The molecule has 0 aromatic rings. The Morgan fingerprint density at radius 3 is 1.44 bits per heavy atom. The molecule has 9 heteroatoms. The van der Waals surface area contributed by atoms with Crippen LogP contribution in [0.15, 0.2) is 24.3 Å². The van der Waals surface area contributed by atoms with Crippen LogP contribution < -0.4 is 10.2 Å². The van der Waals surface area contributed by atoms with E-state index in [2.05, 4.69) is 31.3 Å². The van der Waals surface area contributed by atoms with Crippen molar-refractivity contribution in [1.29, 1.82) is 0 Å². The number of nitrogens with one attached hydrogen (secondary N) is 1. The van der Waals surface area contributed by atoms with Crippen molar-refractivity contribution < 1.29 is 32.9 Å². The lowest BCUT2D eigenvalue weighted by Gasteiger charge is -2.29. The smallest absolute Gasteiger partial charge is 0.268 e. The van der Waals surface area contributed by atoms with Gasteiger partial charge in [0.05, 0.1) is 39.9 Å². The number of aliphatic hydroxyl groups excluding tert-OH is 1. The molecule has 0 radical (unpaired) electrons. The van der Waals surface area contributed by atoms with Crippen molar-refractivity contribution in [2.45, 2.75) is 225 Å². The highest BCUT2D eigenvalue weighted by molar-refractivity contribution is 7.45. The summed E-state index contributed by atoms with van der Waals surface area (Å²) in [6.45, 7) is 4.52. The van der Waals surface area contributed by atoms with Crippen LogP contribution in [0.5, 0.6) is 0 Å². The number of rotatable bonds is 42. The Morgan fingerprint density at radius 1 is 0.618 bits per heavy atom. The van der Waals surface area contributed by atoms with E-state index < -0.39 is 26.6 Å². The number of unbranched alkanes of at least 4 members (excludes halogenated alkanes) is 27. The number of phosphoric acid groups is 1. The van der Waals surface area contributed by atoms with E-state index in [4.69, 9.17) is 9.05 Å². The molecule has 3 atom stereocenters. The number of carbonyl (C=O) groups is 1. The number of quaternary nitrogens is 1. The number of nitrogens with zero attached hydrogens (tertiary/aromatic N) is 1. The third-order valence-electron chi connectivity index (χ3n) is 10.4. The average Bonchev–Trinajstić information content (AvgIpc) is 3.13. The molecule has 0 aromatic heterocycles. The first kappa shape index (κ1) is 54.0. The number of hydrogen-bond donors (Lipinski definition) is 2. The zero-order valence-corrected chi connectivity index (χ0v) is 37.8. The van der Waals surface area contributed by atoms with Crippen molar-refractivity contribution in [3.63, 3.8) is 0 Å². The highest BCUT2D eigenvalue weighted by atomic mass is 31.2. The second-order valence-electron chi connectivity index (χ2n) is 17.1. The van der Waals surface area contributed by atoms with E-state index in [9.17, 15) is 19.4 Å². The first-order valence-corrected chi connectivity index (χ1v) is 24.7. The summed E-state index contributed by atoms with van der Waals surface area (Å²) in [6, 6.07) is -0.896. The van der Waals surface area contributed by atoms with Gasteiger partial charge in [-0.1, -0.05) is 205 Å². The van der Waals surface area contributed by atoms with Gasteiger partial charge >= 0.3 is 0 Å². The molecule has 2 N–H and O–H groups in total. The molecule has 0 saturated carbocycles. The van der Waals surface area contributed by atoms with Crippen LogP contribution in [0.2, 0.25) is 0 Å². The molecule has 0 aliphatic rings. The van der Waals surface area contributed by atoms with Gasteiger partial charge in [0.2, 0.25) is 5.91 Å². The fourth-order valence-corrected chi connectivity index (χ4v) is 7.43. The highest BCUT2D eigenvalue weighted by Gasteiger charge is 2.23. The Hall–Kier alpha value is -1.02. The topological polar surface area (TPSA) is 108 Å². The molecule has 55 heavy (non-hydrogen) atoms. The van der Waals surface area contributed by atoms with E-state index in [1.54, 1.807) is 6.08 Å². The number of likely N-dealkylation sites (N-methyl/N-ethyl adjacent to an activating group) is 1. The van der Waals surface area contributed by atoms with Gasteiger partial charge in [0.15, 0.2) is 0 Å². The molecule has 0 saturated heterocycles. The normalized spacial score (nSPS) is 14.5. The number of aliphatic hydroxyl groups is 1. The maximum atomic E-state index is 12.8.